The summed E-state index contributed by atoms with van der Waals surface area (Å²) in [6.45, 7) is 1.48. The van der Waals surface area contributed by atoms with Gasteiger partial charge in [0.05, 0.1) is 19.4 Å². The summed E-state index contributed by atoms with van der Waals surface area (Å²) in [6, 6.07) is 8.39. The molecule has 1 fully saturated rings. The number of carbonyl (C=O) groups is 1. The van der Waals surface area contributed by atoms with Crippen molar-refractivity contribution in [1.29, 1.82) is 0 Å². The Morgan fingerprint density at radius 2 is 1.94 bits per heavy atom. The first-order chi connectivity index (χ1) is 17.0. The maximum absolute atomic E-state index is 14.0. The molecule has 0 saturated carbocycles. The van der Waals surface area contributed by atoms with E-state index in [1.807, 2.05) is 11.0 Å². The molecule has 0 radical (unpaired) electrons. The number of pyridine rings is 2. The molecule has 1 amide bonds. The molecule has 1 aliphatic heterocycles. The number of carbonyl (C=O) groups excluding carboxylic acids is 1. The van der Waals surface area contributed by atoms with Crippen molar-refractivity contribution in [3.05, 3.63) is 71.6 Å². The van der Waals surface area contributed by atoms with Gasteiger partial charge in [0.25, 0.3) is 5.91 Å². The van der Waals surface area contributed by atoms with Gasteiger partial charge in [0.2, 0.25) is 5.88 Å². The number of halogens is 2. The van der Waals surface area contributed by atoms with Crippen LogP contribution in [0.1, 0.15) is 28.8 Å². The van der Waals surface area contributed by atoms with Gasteiger partial charge in [0.1, 0.15) is 17.5 Å². The summed E-state index contributed by atoms with van der Waals surface area (Å²) in [6.07, 6.45) is 4.22. The van der Waals surface area contributed by atoms with Crippen LogP contribution in [0.25, 0.3) is 0 Å². The molecule has 3 aromatic rings. The number of nitrogens with zero attached hydrogens (tertiary/aromatic N) is 3. The van der Waals surface area contributed by atoms with Crippen molar-refractivity contribution in [3.63, 3.8) is 0 Å². The first-order valence-electron chi connectivity index (χ1n) is 11.1. The number of aromatic nitrogens is 2. The number of methoxy groups -OCH3 is 2. The fourth-order valence-corrected chi connectivity index (χ4v) is 3.94. The second-order valence-corrected chi connectivity index (χ2v) is 8.04. The van der Waals surface area contributed by atoms with Gasteiger partial charge >= 0.3 is 0 Å². The van der Waals surface area contributed by atoms with Crippen LogP contribution >= 0.6 is 0 Å². The van der Waals surface area contributed by atoms with Gasteiger partial charge in [0.15, 0.2) is 17.4 Å². The van der Waals surface area contributed by atoms with E-state index in [1.165, 1.54) is 19.2 Å². The zero-order valence-corrected chi connectivity index (χ0v) is 19.5. The van der Waals surface area contributed by atoms with Crippen LogP contribution < -0.4 is 19.7 Å². The van der Waals surface area contributed by atoms with E-state index in [4.69, 9.17) is 14.2 Å². The zero-order chi connectivity index (χ0) is 24.8. The van der Waals surface area contributed by atoms with Gasteiger partial charge in [-0.15, -0.1) is 0 Å². The van der Waals surface area contributed by atoms with E-state index in [2.05, 4.69) is 15.3 Å². The maximum Gasteiger partial charge on any atom is 0.261 e. The lowest BCUT2D eigenvalue weighted by atomic mass is 10.1. The summed E-state index contributed by atoms with van der Waals surface area (Å²) in [7, 11) is 3.04. The normalized spacial score (nSPS) is 14.0. The molecule has 0 atom stereocenters. The summed E-state index contributed by atoms with van der Waals surface area (Å²) >= 11 is 0. The first kappa shape index (κ1) is 24.3. The lowest BCUT2D eigenvalue weighted by Gasteiger charge is -2.34. The number of nitrogens with one attached hydrogen (secondary N) is 1. The quantitative estimate of drug-likeness (QED) is 0.513. The highest BCUT2D eigenvalue weighted by molar-refractivity contribution is 6.07. The monoisotopic (exact) mass is 484 g/mol. The number of amides is 1. The number of ether oxygens (including phenoxy) is 3. The minimum atomic E-state index is -0.723. The van der Waals surface area contributed by atoms with Crippen molar-refractivity contribution in [1.82, 2.24) is 9.97 Å². The Kier molecular flexibility index (Phi) is 7.71. The molecule has 1 saturated heterocycles. The first-order valence-corrected chi connectivity index (χ1v) is 11.1. The predicted octanol–water partition coefficient (Wildman–Crippen LogP) is 4.21. The molecule has 0 aliphatic carbocycles. The van der Waals surface area contributed by atoms with E-state index in [0.717, 1.165) is 11.6 Å². The third-order valence-electron chi connectivity index (χ3n) is 5.62. The van der Waals surface area contributed by atoms with Crippen molar-refractivity contribution in [2.45, 2.75) is 25.6 Å². The molecule has 35 heavy (non-hydrogen) atoms. The third kappa shape index (κ3) is 5.83. The van der Waals surface area contributed by atoms with E-state index in [0.29, 0.717) is 49.6 Å². The topological polar surface area (TPSA) is 85.8 Å². The van der Waals surface area contributed by atoms with E-state index in [-0.39, 0.29) is 23.6 Å². The number of hydrogen-bond acceptors (Lipinski definition) is 7. The predicted molar refractivity (Wildman–Crippen MR) is 126 cm³/mol. The summed E-state index contributed by atoms with van der Waals surface area (Å²) in [5, 5.41) is 2.93. The fourth-order valence-electron chi connectivity index (χ4n) is 3.94. The zero-order valence-electron chi connectivity index (χ0n) is 19.5. The maximum atomic E-state index is 14.0. The summed E-state index contributed by atoms with van der Waals surface area (Å²) in [5.41, 5.74) is 1.63. The fraction of sp³-hybridized carbons (Fsp3) is 0.320. The highest BCUT2D eigenvalue weighted by atomic mass is 19.1. The SMILES string of the molecule is COCc1cnc(N2CCC(Oc3ccc(F)cc3F)CC2)c(NC(=O)c2cccnc2OC)c1. The molecule has 184 valence electrons. The Hall–Kier alpha value is -3.79. The molecular formula is C25H26F2N4O4. The summed E-state index contributed by atoms with van der Waals surface area (Å²) < 4.78 is 43.3. The molecule has 10 heteroatoms. The molecule has 0 spiro atoms. The van der Waals surface area contributed by atoms with Gasteiger partial charge in [-0.05, 0) is 35.9 Å². The second-order valence-electron chi connectivity index (χ2n) is 8.04. The number of hydrogen-bond donors (Lipinski definition) is 1. The number of anilines is 2. The average Bonchev–Trinajstić information content (AvgIpc) is 2.86. The second kappa shape index (κ2) is 11.1. The van der Waals surface area contributed by atoms with Crippen molar-refractivity contribution in [2.75, 3.05) is 37.5 Å². The van der Waals surface area contributed by atoms with E-state index < -0.39 is 11.6 Å². The Labute approximate surface area is 201 Å². The van der Waals surface area contributed by atoms with Crippen molar-refractivity contribution >= 4 is 17.4 Å². The lowest BCUT2D eigenvalue weighted by molar-refractivity contribution is 0.102. The Bertz CT molecular complexity index is 1190. The summed E-state index contributed by atoms with van der Waals surface area (Å²) in [5.74, 6) is -0.890. The minimum Gasteiger partial charge on any atom is -0.487 e. The van der Waals surface area contributed by atoms with Gasteiger partial charge in [0, 0.05) is 51.5 Å². The standard InChI is InChI=1S/C25H26F2N4O4/c1-33-15-16-12-21(30-24(32)19-4-3-9-28-25(19)34-2)23(29-14-16)31-10-7-18(8-11-31)35-22-6-5-17(26)13-20(22)27/h3-6,9,12-14,18H,7-8,10-11,15H2,1-2H3,(H,30,32). The van der Waals surface area contributed by atoms with Gasteiger partial charge < -0.3 is 24.4 Å². The Morgan fingerprint density at radius 3 is 2.66 bits per heavy atom. The number of piperidine rings is 1. The minimum absolute atomic E-state index is 0.0327. The van der Waals surface area contributed by atoms with Crippen molar-refractivity contribution in [2.24, 2.45) is 0 Å². The molecule has 1 N–H and O–H groups in total. The van der Waals surface area contributed by atoms with Crippen LogP contribution in [0.15, 0.2) is 48.8 Å². The molecule has 1 aromatic carbocycles. The number of rotatable bonds is 8. The van der Waals surface area contributed by atoms with E-state index >= 15 is 0 Å². The van der Waals surface area contributed by atoms with Gasteiger partial charge in [-0.1, -0.05) is 0 Å². The molecule has 3 heterocycles. The molecule has 1 aliphatic rings. The van der Waals surface area contributed by atoms with Crippen molar-refractivity contribution < 1.29 is 27.8 Å². The number of benzene rings is 1. The molecule has 2 aromatic heterocycles. The van der Waals surface area contributed by atoms with Gasteiger partial charge in [-0.25, -0.2) is 18.7 Å². The Morgan fingerprint density at radius 1 is 1.14 bits per heavy atom. The third-order valence-corrected chi connectivity index (χ3v) is 5.62. The molecule has 0 bridgehead atoms. The molecule has 8 nitrogen and oxygen atoms in total. The Balaban J connectivity index is 1.50. The van der Waals surface area contributed by atoms with Crippen LogP contribution in [0, 0.1) is 11.6 Å². The average molecular weight is 485 g/mol. The highest BCUT2D eigenvalue weighted by Gasteiger charge is 2.25. The molecule has 0 unspecified atom stereocenters. The molecule has 4 rings (SSSR count). The highest BCUT2D eigenvalue weighted by Crippen LogP contribution is 2.30. The van der Waals surface area contributed by atoms with Gasteiger partial charge in [-0.3, -0.25) is 4.79 Å². The van der Waals surface area contributed by atoms with Crippen LogP contribution in [0.4, 0.5) is 20.3 Å². The van der Waals surface area contributed by atoms with Crippen LogP contribution in [0.3, 0.4) is 0 Å². The van der Waals surface area contributed by atoms with E-state index in [1.54, 1.807) is 31.6 Å². The van der Waals surface area contributed by atoms with Crippen molar-refractivity contribution in [3.8, 4) is 11.6 Å². The van der Waals surface area contributed by atoms with Crippen LogP contribution in [-0.2, 0) is 11.3 Å². The van der Waals surface area contributed by atoms with Gasteiger partial charge in [-0.2, -0.15) is 0 Å². The summed E-state index contributed by atoms with van der Waals surface area (Å²) in [4.78, 5) is 23.7. The van der Waals surface area contributed by atoms with Crippen LogP contribution in [0.5, 0.6) is 11.6 Å². The van der Waals surface area contributed by atoms with E-state index in [9.17, 15) is 13.6 Å². The van der Waals surface area contributed by atoms with Crippen LogP contribution in [0.2, 0.25) is 0 Å². The van der Waals surface area contributed by atoms with Crippen LogP contribution in [-0.4, -0.2) is 49.3 Å². The lowest BCUT2D eigenvalue weighted by Crippen LogP contribution is -2.39. The smallest absolute Gasteiger partial charge is 0.261 e. The largest absolute Gasteiger partial charge is 0.487 e. The molecular weight excluding hydrogens is 458 g/mol.